The second-order valence-corrected chi connectivity index (χ2v) is 5.64. The Labute approximate surface area is 128 Å². The lowest BCUT2D eigenvalue weighted by atomic mass is 9.83. The van der Waals surface area contributed by atoms with Crippen LogP contribution in [-0.2, 0) is 0 Å². The first kappa shape index (κ1) is 15.6. The first-order valence-corrected chi connectivity index (χ1v) is 7.39. The molecule has 114 valence electrons. The molecule has 1 aliphatic rings. The molecule has 1 amide bonds. The standard InChI is InChI=1S/C14H19ClN4O2/c15-11-8-17-7-6-10(11)14(20)18-12(13(16)19-21)9-4-2-1-3-5-9/h6-9,12,21H,1-5H2,(H2,16,19)(H,18,20). The Balaban J connectivity index is 2.15. The van der Waals surface area contributed by atoms with Crippen molar-refractivity contribution in [3.63, 3.8) is 0 Å². The molecule has 21 heavy (non-hydrogen) atoms. The van der Waals surface area contributed by atoms with Crippen molar-refractivity contribution in [1.29, 1.82) is 0 Å². The molecule has 0 saturated heterocycles. The lowest BCUT2D eigenvalue weighted by molar-refractivity contribution is 0.0930. The van der Waals surface area contributed by atoms with E-state index in [1.165, 1.54) is 18.8 Å². The number of hydrogen-bond donors (Lipinski definition) is 3. The van der Waals surface area contributed by atoms with Crippen molar-refractivity contribution < 1.29 is 10.0 Å². The fraction of sp³-hybridized carbons (Fsp3) is 0.500. The van der Waals surface area contributed by atoms with Crippen LogP contribution in [0.5, 0.6) is 0 Å². The van der Waals surface area contributed by atoms with E-state index in [0.29, 0.717) is 5.56 Å². The predicted octanol–water partition coefficient (Wildman–Crippen LogP) is 2.16. The average Bonchev–Trinajstić information content (AvgIpc) is 2.53. The van der Waals surface area contributed by atoms with Gasteiger partial charge in [-0.2, -0.15) is 0 Å². The van der Waals surface area contributed by atoms with Gasteiger partial charge in [0.25, 0.3) is 5.91 Å². The van der Waals surface area contributed by atoms with Crippen LogP contribution in [0.3, 0.4) is 0 Å². The second kappa shape index (κ2) is 7.26. The molecule has 1 fully saturated rings. The number of carbonyl (C=O) groups excluding carboxylic acids is 1. The predicted molar refractivity (Wildman–Crippen MR) is 80.5 cm³/mol. The number of nitrogens with two attached hydrogens (primary N) is 1. The molecule has 2 rings (SSSR count). The molecule has 1 heterocycles. The van der Waals surface area contributed by atoms with E-state index < -0.39 is 6.04 Å². The van der Waals surface area contributed by atoms with E-state index in [0.717, 1.165) is 25.7 Å². The third-order valence-electron chi connectivity index (χ3n) is 3.86. The van der Waals surface area contributed by atoms with Gasteiger partial charge >= 0.3 is 0 Å². The summed E-state index contributed by atoms with van der Waals surface area (Å²) in [5.41, 5.74) is 6.08. The van der Waals surface area contributed by atoms with E-state index in [1.54, 1.807) is 6.07 Å². The monoisotopic (exact) mass is 310 g/mol. The highest BCUT2D eigenvalue weighted by molar-refractivity contribution is 6.33. The number of amidine groups is 1. The van der Waals surface area contributed by atoms with Crippen LogP contribution in [0.4, 0.5) is 0 Å². The van der Waals surface area contributed by atoms with Gasteiger partial charge in [-0.25, -0.2) is 0 Å². The Hall–Kier alpha value is -1.82. The number of rotatable bonds is 4. The zero-order chi connectivity index (χ0) is 15.2. The Bertz CT molecular complexity index is 529. The van der Waals surface area contributed by atoms with Gasteiger partial charge in [0.15, 0.2) is 5.84 Å². The molecule has 0 aliphatic heterocycles. The second-order valence-electron chi connectivity index (χ2n) is 5.23. The maximum absolute atomic E-state index is 12.3. The van der Waals surface area contributed by atoms with Gasteiger partial charge in [-0.05, 0) is 24.8 Å². The molecule has 0 radical (unpaired) electrons. The quantitative estimate of drug-likeness (QED) is 0.343. The molecular weight excluding hydrogens is 292 g/mol. The van der Waals surface area contributed by atoms with Crippen LogP contribution in [0, 0.1) is 5.92 Å². The van der Waals surface area contributed by atoms with Gasteiger partial charge in [-0.1, -0.05) is 36.0 Å². The fourth-order valence-electron chi connectivity index (χ4n) is 2.74. The van der Waals surface area contributed by atoms with Crippen LogP contribution in [0.15, 0.2) is 23.6 Å². The molecular formula is C14H19ClN4O2. The van der Waals surface area contributed by atoms with Crippen molar-refractivity contribution in [2.45, 2.75) is 38.1 Å². The summed E-state index contributed by atoms with van der Waals surface area (Å²) < 4.78 is 0. The van der Waals surface area contributed by atoms with E-state index in [-0.39, 0.29) is 22.7 Å². The van der Waals surface area contributed by atoms with Crippen molar-refractivity contribution in [2.24, 2.45) is 16.8 Å². The highest BCUT2D eigenvalue weighted by Gasteiger charge is 2.29. The number of nitrogens with zero attached hydrogens (tertiary/aromatic N) is 2. The van der Waals surface area contributed by atoms with Crippen LogP contribution < -0.4 is 11.1 Å². The van der Waals surface area contributed by atoms with Crippen LogP contribution >= 0.6 is 11.6 Å². The van der Waals surface area contributed by atoms with Crippen LogP contribution in [0.25, 0.3) is 0 Å². The lowest BCUT2D eigenvalue weighted by Crippen LogP contribution is -2.49. The number of pyridine rings is 1. The van der Waals surface area contributed by atoms with Gasteiger partial charge in [-0.15, -0.1) is 0 Å². The molecule has 1 atom stereocenters. The van der Waals surface area contributed by atoms with E-state index in [2.05, 4.69) is 15.5 Å². The lowest BCUT2D eigenvalue weighted by Gasteiger charge is -2.30. The van der Waals surface area contributed by atoms with Gasteiger partial charge in [-0.3, -0.25) is 9.78 Å². The molecule has 1 unspecified atom stereocenters. The molecule has 1 saturated carbocycles. The summed E-state index contributed by atoms with van der Waals surface area (Å²) >= 11 is 5.97. The van der Waals surface area contributed by atoms with E-state index >= 15 is 0 Å². The van der Waals surface area contributed by atoms with Crippen molar-refractivity contribution in [3.05, 3.63) is 29.0 Å². The molecule has 1 aliphatic carbocycles. The normalized spacial score (nSPS) is 18.2. The molecule has 4 N–H and O–H groups in total. The molecule has 0 spiro atoms. The van der Waals surface area contributed by atoms with Crippen molar-refractivity contribution in [1.82, 2.24) is 10.3 Å². The SMILES string of the molecule is NC(=NO)C(NC(=O)c1ccncc1Cl)C1CCCCC1. The van der Waals surface area contributed by atoms with Crippen LogP contribution in [-0.4, -0.2) is 28.0 Å². The van der Waals surface area contributed by atoms with Gasteiger partial charge in [0.05, 0.1) is 16.6 Å². The minimum Gasteiger partial charge on any atom is -0.409 e. The van der Waals surface area contributed by atoms with Crippen molar-refractivity contribution in [3.8, 4) is 0 Å². The zero-order valence-corrected chi connectivity index (χ0v) is 12.4. The Morgan fingerprint density at radius 3 is 2.81 bits per heavy atom. The summed E-state index contributed by atoms with van der Waals surface area (Å²) in [6, 6.07) is 1.06. The highest BCUT2D eigenvalue weighted by atomic mass is 35.5. The summed E-state index contributed by atoms with van der Waals surface area (Å²) in [6.45, 7) is 0. The van der Waals surface area contributed by atoms with E-state index in [9.17, 15) is 4.79 Å². The van der Waals surface area contributed by atoms with Crippen LogP contribution in [0.2, 0.25) is 5.02 Å². The van der Waals surface area contributed by atoms with E-state index in [4.69, 9.17) is 22.5 Å². The minimum atomic E-state index is -0.480. The van der Waals surface area contributed by atoms with Crippen LogP contribution in [0.1, 0.15) is 42.5 Å². The number of halogens is 1. The highest BCUT2D eigenvalue weighted by Crippen LogP contribution is 2.27. The topological polar surface area (TPSA) is 101 Å². The van der Waals surface area contributed by atoms with Gasteiger partial charge in [0.1, 0.15) is 0 Å². The van der Waals surface area contributed by atoms with E-state index in [1.807, 2.05) is 0 Å². The third-order valence-corrected chi connectivity index (χ3v) is 4.16. The number of amides is 1. The summed E-state index contributed by atoms with van der Waals surface area (Å²) in [5.74, 6) is -0.135. The number of aromatic nitrogens is 1. The zero-order valence-electron chi connectivity index (χ0n) is 11.6. The number of nitrogens with one attached hydrogen (secondary N) is 1. The Kier molecular flexibility index (Phi) is 5.38. The maximum Gasteiger partial charge on any atom is 0.253 e. The average molecular weight is 311 g/mol. The molecule has 0 aromatic carbocycles. The molecule has 1 aromatic rings. The van der Waals surface area contributed by atoms with Gasteiger partial charge in [0.2, 0.25) is 0 Å². The van der Waals surface area contributed by atoms with Gasteiger partial charge < -0.3 is 16.3 Å². The summed E-state index contributed by atoms with van der Waals surface area (Å²) in [6.07, 6.45) is 8.17. The Morgan fingerprint density at radius 1 is 1.48 bits per heavy atom. The van der Waals surface area contributed by atoms with Gasteiger partial charge in [0, 0.05) is 12.4 Å². The first-order chi connectivity index (χ1) is 10.1. The minimum absolute atomic E-state index is 0.0282. The summed E-state index contributed by atoms with van der Waals surface area (Å²) in [7, 11) is 0. The first-order valence-electron chi connectivity index (χ1n) is 7.01. The number of oxime groups is 1. The smallest absolute Gasteiger partial charge is 0.253 e. The van der Waals surface area contributed by atoms with Crippen molar-refractivity contribution in [2.75, 3.05) is 0 Å². The molecule has 6 nitrogen and oxygen atoms in total. The molecule has 1 aromatic heterocycles. The summed E-state index contributed by atoms with van der Waals surface area (Å²) in [5, 5.41) is 15.1. The number of hydrogen-bond acceptors (Lipinski definition) is 4. The summed E-state index contributed by atoms with van der Waals surface area (Å²) in [4.78, 5) is 16.2. The fourth-order valence-corrected chi connectivity index (χ4v) is 2.95. The molecule has 0 bridgehead atoms. The largest absolute Gasteiger partial charge is 0.409 e. The Morgan fingerprint density at radius 2 is 2.19 bits per heavy atom. The third kappa shape index (κ3) is 3.85. The maximum atomic E-state index is 12.3. The van der Waals surface area contributed by atoms with Crippen molar-refractivity contribution >= 4 is 23.3 Å². The molecule has 7 heteroatoms. The number of carbonyl (C=O) groups is 1.